The van der Waals surface area contributed by atoms with Gasteiger partial charge >= 0.3 is 5.97 Å². The largest absolute Gasteiger partial charge is 0.465 e. The van der Waals surface area contributed by atoms with Crippen molar-refractivity contribution in [1.82, 2.24) is 4.90 Å². The number of benzene rings is 1. The predicted octanol–water partition coefficient (Wildman–Crippen LogP) is 2.50. The summed E-state index contributed by atoms with van der Waals surface area (Å²) < 4.78 is 4.87. The van der Waals surface area contributed by atoms with E-state index in [-0.39, 0.29) is 18.4 Å². The molecule has 0 saturated carbocycles. The first-order valence-electron chi connectivity index (χ1n) is 6.70. The normalized spacial score (nSPS) is 10.2. The van der Waals surface area contributed by atoms with E-state index in [4.69, 9.17) is 4.74 Å². The van der Waals surface area contributed by atoms with Gasteiger partial charge in [0.1, 0.15) is 6.54 Å². The van der Waals surface area contributed by atoms with Gasteiger partial charge in [0, 0.05) is 11.4 Å². The molecule has 110 valence electrons. The average molecular weight is 295 g/mol. The zero-order chi connectivity index (χ0) is 15.0. The molecule has 1 aromatic rings. The van der Waals surface area contributed by atoms with Crippen LogP contribution in [-0.2, 0) is 14.3 Å². The number of carbonyl (C=O) groups excluding carboxylic acids is 2. The molecule has 0 aliphatic rings. The Morgan fingerprint density at radius 3 is 2.55 bits per heavy atom. The lowest BCUT2D eigenvalue weighted by Gasteiger charge is -2.19. The molecule has 0 aliphatic carbocycles. The zero-order valence-corrected chi connectivity index (χ0v) is 13.0. The lowest BCUT2D eigenvalue weighted by Crippen LogP contribution is -2.37. The van der Waals surface area contributed by atoms with Crippen LogP contribution in [0.1, 0.15) is 19.4 Å². The van der Waals surface area contributed by atoms with Gasteiger partial charge in [0.25, 0.3) is 0 Å². The molecule has 20 heavy (non-hydrogen) atoms. The number of likely N-dealkylation sites (N-methyl/N-ethyl adjacent to an activating group) is 1. The molecule has 0 saturated heterocycles. The summed E-state index contributed by atoms with van der Waals surface area (Å²) in [5.41, 5.74) is 1.15. The molecule has 0 aromatic heterocycles. The first-order chi connectivity index (χ1) is 9.58. The summed E-state index contributed by atoms with van der Waals surface area (Å²) in [5.74, 6) is -0.0737. The minimum atomic E-state index is -0.358. The monoisotopic (exact) mass is 295 g/mol. The first-order valence-corrected chi connectivity index (χ1v) is 7.68. The number of nitrogens with zero attached hydrogens (tertiary/aromatic N) is 1. The highest BCUT2D eigenvalue weighted by Gasteiger charge is 2.16. The molecule has 0 bridgehead atoms. The molecular formula is C15H21NO3S. The number of aryl methyl sites for hydroxylation is 1. The molecule has 0 unspecified atom stereocenters. The summed E-state index contributed by atoms with van der Waals surface area (Å²) in [5, 5.41) is 0. The SMILES string of the molecule is CCOC(=O)CN(CC)C(=O)CSc1ccccc1C. The van der Waals surface area contributed by atoms with Crippen LogP contribution in [0.2, 0.25) is 0 Å². The number of thioether (sulfide) groups is 1. The van der Waals surface area contributed by atoms with E-state index in [1.165, 1.54) is 16.7 Å². The Kier molecular flexibility index (Phi) is 7.15. The van der Waals surface area contributed by atoms with Crippen LogP contribution in [0.3, 0.4) is 0 Å². The smallest absolute Gasteiger partial charge is 0.325 e. The first kappa shape index (κ1) is 16.6. The quantitative estimate of drug-likeness (QED) is 0.573. The summed E-state index contributed by atoms with van der Waals surface area (Å²) in [6.07, 6.45) is 0. The van der Waals surface area contributed by atoms with Crippen molar-refractivity contribution in [2.75, 3.05) is 25.4 Å². The number of ether oxygens (including phenoxy) is 1. The highest BCUT2D eigenvalue weighted by atomic mass is 32.2. The van der Waals surface area contributed by atoms with Crippen molar-refractivity contribution in [3.8, 4) is 0 Å². The van der Waals surface area contributed by atoms with Gasteiger partial charge in [0.15, 0.2) is 0 Å². The van der Waals surface area contributed by atoms with Crippen LogP contribution in [0.15, 0.2) is 29.2 Å². The van der Waals surface area contributed by atoms with Gasteiger partial charge < -0.3 is 9.64 Å². The topological polar surface area (TPSA) is 46.6 Å². The van der Waals surface area contributed by atoms with Crippen LogP contribution >= 0.6 is 11.8 Å². The molecule has 0 radical (unpaired) electrons. The highest BCUT2D eigenvalue weighted by molar-refractivity contribution is 8.00. The summed E-state index contributed by atoms with van der Waals surface area (Å²) in [4.78, 5) is 26.1. The lowest BCUT2D eigenvalue weighted by molar-refractivity contribution is -0.148. The second kappa shape index (κ2) is 8.64. The number of carbonyl (C=O) groups is 2. The van der Waals surface area contributed by atoms with Gasteiger partial charge in [-0.2, -0.15) is 0 Å². The Bertz CT molecular complexity index is 462. The minimum absolute atomic E-state index is 0.0253. The summed E-state index contributed by atoms with van der Waals surface area (Å²) in [6, 6.07) is 7.94. The van der Waals surface area contributed by atoms with Crippen LogP contribution in [0.5, 0.6) is 0 Å². The fourth-order valence-corrected chi connectivity index (χ4v) is 2.62. The lowest BCUT2D eigenvalue weighted by atomic mass is 10.2. The zero-order valence-electron chi connectivity index (χ0n) is 12.2. The Morgan fingerprint density at radius 2 is 1.95 bits per heavy atom. The van der Waals surface area contributed by atoms with Crippen molar-refractivity contribution in [1.29, 1.82) is 0 Å². The fraction of sp³-hybridized carbons (Fsp3) is 0.467. The van der Waals surface area contributed by atoms with Crippen molar-refractivity contribution in [2.24, 2.45) is 0 Å². The van der Waals surface area contributed by atoms with Gasteiger partial charge in [-0.3, -0.25) is 9.59 Å². The Morgan fingerprint density at radius 1 is 1.25 bits per heavy atom. The van der Waals surface area contributed by atoms with Gasteiger partial charge in [-0.25, -0.2) is 0 Å². The van der Waals surface area contributed by atoms with E-state index in [1.807, 2.05) is 38.1 Å². The molecule has 0 spiro atoms. The predicted molar refractivity (Wildman–Crippen MR) is 80.8 cm³/mol. The number of amides is 1. The molecule has 1 aromatic carbocycles. The number of hydrogen-bond acceptors (Lipinski definition) is 4. The summed E-state index contributed by atoms with van der Waals surface area (Å²) in [7, 11) is 0. The fourth-order valence-electron chi connectivity index (χ4n) is 1.69. The van der Waals surface area contributed by atoms with Gasteiger partial charge in [-0.15, -0.1) is 11.8 Å². The maximum atomic E-state index is 12.1. The van der Waals surface area contributed by atoms with E-state index in [0.29, 0.717) is 18.9 Å². The minimum Gasteiger partial charge on any atom is -0.465 e. The molecule has 0 aliphatic heterocycles. The molecule has 0 atom stereocenters. The van der Waals surface area contributed by atoms with Crippen molar-refractivity contribution in [3.05, 3.63) is 29.8 Å². The van der Waals surface area contributed by atoms with Crippen LogP contribution < -0.4 is 0 Å². The Balaban J connectivity index is 2.51. The third-order valence-corrected chi connectivity index (χ3v) is 3.96. The number of esters is 1. The average Bonchev–Trinajstić information content (AvgIpc) is 2.44. The third kappa shape index (κ3) is 5.25. The van der Waals surface area contributed by atoms with E-state index >= 15 is 0 Å². The standard InChI is InChI=1S/C15H21NO3S/c1-4-16(10-15(18)19-5-2)14(17)11-20-13-9-7-6-8-12(13)3/h6-9H,4-5,10-11H2,1-3H3. The molecule has 0 heterocycles. The van der Waals surface area contributed by atoms with Crippen LogP contribution in [0.25, 0.3) is 0 Å². The van der Waals surface area contributed by atoms with E-state index in [0.717, 1.165) is 10.5 Å². The Hall–Kier alpha value is -1.49. The third-order valence-electron chi connectivity index (χ3n) is 2.80. The maximum absolute atomic E-state index is 12.1. The van der Waals surface area contributed by atoms with E-state index in [2.05, 4.69) is 0 Å². The van der Waals surface area contributed by atoms with Crippen LogP contribution in [-0.4, -0.2) is 42.2 Å². The van der Waals surface area contributed by atoms with Gasteiger partial charge in [0.2, 0.25) is 5.91 Å². The molecule has 1 amide bonds. The molecule has 1 rings (SSSR count). The van der Waals surface area contributed by atoms with Crippen molar-refractivity contribution < 1.29 is 14.3 Å². The van der Waals surface area contributed by atoms with E-state index < -0.39 is 0 Å². The molecule has 0 N–H and O–H groups in total. The number of hydrogen-bond donors (Lipinski definition) is 0. The number of rotatable bonds is 7. The van der Waals surface area contributed by atoms with E-state index in [1.54, 1.807) is 6.92 Å². The van der Waals surface area contributed by atoms with Gasteiger partial charge in [-0.1, -0.05) is 18.2 Å². The van der Waals surface area contributed by atoms with Crippen molar-refractivity contribution in [2.45, 2.75) is 25.7 Å². The van der Waals surface area contributed by atoms with Crippen molar-refractivity contribution in [3.63, 3.8) is 0 Å². The second-order valence-corrected chi connectivity index (χ2v) is 5.28. The molecule has 0 fully saturated rings. The Labute approximate surface area is 124 Å². The van der Waals surface area contributed by atoms with Crippen LogP contribution in [0, 0.1) is 6.92 Å². The summed E-state index contributed by atoms with van der Waals surface area (Å²) >= 11 is 1.50. The highest BCUT2D eigenvalue weighted by Crippen LogP contribution is 2.21. The van der Waals surface area contributed by atoms with Gasteiger partial charge in [0.05, 0.1) is 12.4 Å². The van der Waals surface area contributed by atoms with Crippen LogP contribution in [0.4, 0.5) is 0 Å². The molecule has 5 heteroatoms. The van der Waals surface area contributed by atoms with Gasteiger partial charge in [-0.05, 0) is 32.4 Å². The maximum Gasteiger partial charge on any atom is 0.325 e. The molecular weight excluding hydrogens is 274 g/mol. The molecule has 4 nitrogen and oxygen atoms in total. The second-order valence-electron chi connectivity index (χ2n) is 4.27. The van der Waals surface area contributed by atoms with Crippen molar-refractivity contribution >= 4 is 23.6 Å². The van der Waals surface area contributed by atoms with E-state index in [9.17, 15) is 9.59 Å². The summed E-state index contributed by atoms with van der Waals surface area (Å²) in [6.45, 7) is 6.49.